The van der Waals surface area contributed by atoms with Gasteiger partial charge in [0.05, 0.1) is 9.79 Å². The van der Waals surface area contributed by atoms with Crippen LogP contribution in [0.25, 0.3) is 0 Å². The molecule has 5 rings (SSSR count). The van der Waals surface area contributed by atoms with Crippen molar-refractivity contribution in [2.45, 2.75) is 48.4 Å². The van der Waals surface area contributed by atoms with Crippen molar-refractivity contribution in [1.82, 2.24) is 5.32 Å². The quantitative estimate of drug-likeness (QED) is 0.716. The van der Waals surface area contributed by atoms with Crippen LogP contribution < -0.4 is 5.32 Å². The Kier molecular flexibility index (Phi) is 4.17. The van der Waals surface area contributed by atoms with Crippen LogP contribution in [0.3, 0.4) is 0 Å². The molecule has 0 saturated heterocycles. The van der Waals surface area contributed by atoms with E-state index >= 15 is 0 Å². The van der Waals surface area contributed by atoms with Gasteiger partial charge in [-0.15, -0.1) is 0 Å². The van der Waals surface area contributed by atoms with Gasteiger partial charge in [0, 0.05) is 22.7 Å². The van der Waals surface area contributed by atoms with Crippen molar-refractivity contribution in [2.24, 2.45) is 17.8 Å². The predicted molar refractivity (Wildman–Crippen MR) is 108 cm³/mol. The molecule has 3 aliphatic rings. The van der Waals surface area contributed by atoms with Gasteiger partial charge in [-0.3, -0.25) is 9.59 Å². The van der Waals surface area contributed by atoms with Crippen LogP contribution in [0.15, 0.2) is 52.3 Å². The molecule has 0 unspecified atom stereocenters. The van der Waals surface area contributed by atoms with Crippen LogP contribution in [0.5, 0.6) is 0 Å². The van der Waals surface area contributed by atoms with E-state index in [1.807, 2.05) is 6.92 Å². The molecule has 6 heteroatoms. The lowest BCUT2D eigenvalue weighted by Crippen LogP contribution is -2.40. The molecule has 1 N–H and O–H groups in total. The first-order valence-electron chi connectivity index (χ1n) is 10.2. The Hall–Kier alpha value is -2.47. The molecule has 1 aliphatic heterocycles. The summed E-state index contributed by atoms with van der Waals surface area (Å²) in [7, 11) is -3.84. The molecule has 1 heterocycles. The molecule has 5 nitrogen and oxygen atoms in total. The summed E-state index contributed by atoms with van der Waals surface area (Å²) in [6.45, 7) is 2.04. The molecule has 0 spiro atoms. The number of ketones is 1. The van der Waals surface area contributed by atoms with Crippen LogP contribution in [-0.2, 0) is 9.84 Å². The molecular formula is C23H23NO4S. The van der Waals surface area contributed by atoms with Gasteiger partial charge in [-0.2, -0.15) is 0 Å². The normalized spacial score (nSPS) is 27.2. The summed E-state index contributed by atoms with van der Waals surface area (Å²) in [4.78, 5) is 25.5. The molecular weight excluding hydrogens is 386 g/mol. The lowest BCUT2D eigenvalue weighted by Gasteiger charge is -2.28. The SMILES string of the molecule is C[C@H](NC(=O)c1ccc2c(c1)S(=O)(=O)c1ccccc1C2=O)[C@@H]1C[C@H]2CC[C@H]1C2. The first-order chi connectivity index (χ1) is 13.9. The van der Waals surface area contributed by atoms with E-state index in [1.54, 1.807) is 18.2 Å². The van der Waals surface area contributed by atoms with E-state index in [-0.39, 0.29) is 44.2 Å². The van der Waals surface area contributed by atoms with Crippen molar-refractivity contribution in [3.63, 3.8) is 0 Å². The largest absolute Gasteiger partial charge is 0.349 e. The predicted octanol–water partition coefficient (Wildman–Crippen LogP) is 3.62. The van der Waals surface area contributed by atoms with Gasteiger partial charge in [0.2, 0.25) is 9.84 Å². The number of carbonyl (C=O) groups excluding carboxylic acids is 2. The number of benzene rings is 2. The zero-order valence-electron chi connectivity index (χ0n) is 16.2. The fourth-order valence-electron chi connectivity index (χ4n) is 5.53. The lowest BCUT2D eigenvalue weighted by molar-refractivity contribution is 0.0913. The van der Waals surface area contributed by atoms with E-state index in [0.717, 1.165) is 12.3 Å². The maximum atomic E-state index is 13.0. The molecule has 2 aromatic rings. The average Bonchev–Trinajstić information content (AvgIpc) is 3.36. The molecule has 2 saturated carbocycles. The highest BCUT2D eigenvalue weighted by Gasteiger charge is 2.42. The maximum absolute atomic E-state index is 13.0. The van der Waals surface area contributed by atoms with E-state index in [2.05, 4.69) is 5.32 Å². The van der Waals surface area contributed by atoms with Gasteiger partial charge < -0.3 is 5.32 Å². The van der Waals surface area contributed by atoms with Gasteiger partial charge >= 0.3 is 0 Å². The smallest absolute Gasteiger partial charge is 0.251 e. The third kappa shape index (κ3) is 2.84. The zero-order valence-corrected chi connectivity index (χ0v) is 17.0. The Morgan fingerprint density at radius 3 is 2.52 bits per heavy atom. The topological polar surface area (TPSA) is 80.3 Å². The van der Waals surface area contributed by atoms with Crippen LogP contribution in [0.4, 0.5) is 0 Å². The van der Waals surface area contributed by atoms with Crippen molar-refractivity contribution in [1.29, 1.82) is 0 Å². The molecule has 2 aromatic carbocycles. The highest BCUT2D eigenvalue weighted by molar-refractivity contribution is 7.91. The van der Waals surface area contributed by atoms with E-state index in [9.17, 15) is 18.0 Å². The highest BCUT2D eigenvalue weighted by Crippen LogP contribution is 2.49. The number of fused-ring (bicyclic) bond motifs is 4. The van der Waals surface area contributed by atoms with Crippen molar-refractivity contribution in [3.8, 4) is 0 Å². The first-order valence-corrected chi connectivity index (χ1v) is 11.7. The number of sulfone groups is 1. The Bertz CT molecular complexity index is 1140. The van der Waals surface area contributed by atoms with Gasteiger partial charge in [-0.25, -0.2) is 8.42 Å². The number of hydrogen-bond acceptors (Lipinski definition) is 4. The Morgan fingerprint density at radius 1 is 1.03 bits per heavy atom. The number of carbonyl (C=O) groups is 2. The average molecular weight is 410 g/mol. The molecule has 2 aliphatic carbocycles. The van der Waals surface area contributed by atoms with Crippen LogP contribution in [0.1, 0.15) is 58.9 Å². The van der Waals surface area contributed by atoms with Crippen LogP contribution in [-0.4, -0.2) is 26.2 Å². The van der Waals surface area contributed by atoms with Gasteiger partial charge in [0.15, 0.2) is 5.78 Å². The van der Waals surface area contributed by atoms with Crippen molar-refractivity contribution < 1.29 is 18.0 Å². The summed E-state index contributed by atoms with van der Waals surface area (Å²) in [5, 5.41) is 3.07. The van der Waals surface area contributed by atoms with Crippen LogP contribution in [0, 0.1) is 17.8 Å². The second-order valence-electron chi connectivity index (χ2n) is 8.64. The first kappa shape index (κ1) is 18.6. The summed E-state index contributed by atoms with van der Waals surface area (Å²) in [6, 6.07) is 10.6. The maximum Gasteiger partial charge on any atom is 0.251 e. The summed E-state index contributed by atoms with van der Waals surface area (Å²) < 4.78 is 26.1. The second-order valence-corrected chi connectivity index (χ2v) is 10.5. The van der Waals surface area contributed by atoms with Crippen molar-refractivity contribution >= 4 is 21.5 Å². The Labute approximate surface area is 170 Å². The molecule has 1 amide bonds. The second kappa shape index (κ2) is 6.52. The minimum Gasteiger partial charge on any atom is -0.349 e. The number of hydrogen-bond donors (Lipinski definition) is 1. The fraction of sp³-hybridized carbons (Fsp3) is 0.391. The van der Waals surface area contributed by atoms with Gasteiger partial charge in [-0.1, -0.05) is 18.6 Å². The van der Waals surface area contributed by atoms with E-state index in [1.165, 1.54) is 43.5 Å². The number of amides is 1. The van der Waals surface area contributed by atoms with E-state index in [0.29, 0.717) is 11.8 Å². The van der Waals surface area contributed by atoms with E-state index < -0.39 is 9.84 Å². The fourth-order valence-corrected chi connectivity index (χ4v) is 7.21. The van der Waals surface area contributed by atoms with E-state index in [4.69, 9.17) is 0 Å². The third-order valence-corrected chi connectivity index (χ3v) is 8.84. The van der Waals surface area contributed by atoms with Crippen LogP contribution >= 0.6 is 0 Å². The summed E-state index contributed by atoms with van der Waals surface area (Å²) in [5.74, 6) is 1.36. The standard InChI is InChI=1S/C23H23NO4S/c1-13(19-11-14-6-7-15(19)10-14)24-23(26)16-8-9-18-21(12-16)29(27,28)20-5-3-2-4-17(20)22(18)25/h2-5,8-9,12-15,19H,6-7,10-11H2,1H3,(H,24,26)/t13-,14-,15-,19-/m0/s1. The molecule has 4 atom stereocenters. The van der Waals surface area contributed by atoms with Gasteiger partial charge in [-0.05, 0) is 74.3 Å². The third-order valence-electron chi connectivity index (χ3n) is 6.99. The summed E-state index contributed by atoms with van der Waals surface area (Å²) in [5.41, 5.74) is 0.582. The highest BCUT2D eigenvalue weighted by atomic mass is 32.2. The molecule has 150 valence electrons. The van der Waals surface area contributed by atoms with Crippen LogP contribution in [0.2, 0.25) is 0 Å². The van der Waals surface area contributed by atoms with Crippen molar-refractivity contribution in [2.75, 3.05) is 0 Å². The molecule has 0 aromatic heterocycles. The number of nitrogens with one attached hydrogen (secondary N) is 1. The van der Waals surface area contributed by atoms with Gasteiger partial charge in [0.25, 0.3) is 5.91 Å². The lowest BCUT2D eigenvalue weighted by atomic mass is 9.84. The number of rotatable bonds is 3. The van der Waals surface area contributed by atoms with Gasteiger partial charge in [0.1, 0.15) is 0 Å². The molecule has 2 fully saturated rings. The Balaban J connectivity index is 1.44. The summed E-state index contributed by atoms with van der Waals surface area (Å²) in [6.07, 6.45) is 4.98. The molecule has 0 radical (unpaired) electrons. The van der Waals surface area contributed by atoms with Crippen molar-refractivity contribution in [3.05, 3.63) is 59.2 Å². The molecule has 29 heavy (non-hydrogen) atoms. The Morgan fingerprint density at radius 2 is 1.79 bits per heavy atom. The monoisotopic (exact) mass is 409 g/mol. The minimum absolute atomic E-state index is 0.00501. The minimum atomic E-state index is -3.84. The zero-order chi connectivity index (χ0) is 20.3. The molecule has 2 bridgehead atoms. The summed E-state index contributed by atoms with van der Waals surface area (Å²) >= 11 is 0.